The van der Waals surface area contributed by atoms with Crippen LogP contribution < -0.4 is 11.1 Å². The summed E-state index contributed by atoms with van der Waals surface area (Å²) in [6.07, 6.45) is 0. The molecule has 9 nitrogen and oxygen atoms in total. The molecule has 0 saturated carbocycles. The first-order chi connectivity index (χ1) is 9.86. The highest BCUT2D eigenvalue weighted by Crippen LogP contribution is 1.96. The maximum atomic E-state index is 11.1. The molecule has 0 spiro atoms. The average Bonchev–Trinajstić information content (AvgIpc) is 2.36. The summed E-state index contributed by atoms with van der Waals surface area (Å²) in [4.78, 5) is 46.6. The van der Waals surface area contributed by atoms with Crippen LogP contribution >= 0.6 is 0 Å². The van der Waals surface area contributed by atoms with Gasteiger partial charge in [0.25, 0.3) is 0 Å². The molecule has 1 rings (SSSR count). The molecule has 1 heterocycles. The Morgan fingerprint density at radius 3 is 2.19 bits per heavy atom. The summed E-state index contributed by atoms with van der Waals surface area (Å²) in [5, 5.41) is 10.9. The average molecular weight is 302 g/mol. The van der Waals surface area contributed by atoms with Crippen molar-refractivity contribution in [3.8, 4) is 0 Å². The summed E-state index contributed by atoms with van der Waals surface area (Å²) >= 11 is 0. The first-order valence-electron chi connectivity index (χ1n) is 6.64. The fraction of sp³-hybridized carbons (Fsp3) is 0.667. The molecule has 21 heavy (non-hydrogen) atoms. The lowest BCUT2D eigenvalue weighted by atomic mass is 10.3. The van der Waals surface area contributed by atoms with E-state index in [1.54, 1.807) is 4.90 Å². The van der Waals surface area contributed by atoms with Crippen molar-refractivity contribution in [2.45, 2.75) is 13.8 Å². The first kappa shape index (κ1) is 19.0. The van der Waals surface area contributed by atoms with Crippen LogP contribution in [-0.4, -0.2) is 77.9 Å². The van der Waals surface area contributed by atoms with Crippen LogP contribution in [-0.2, 0) is 19.2 Å². The fourth-order valence-electron chi connectivity index (χ4n) is 1.76. The molecule has 0 aromatic rings. The monoisotopic (exact) mass is 302 g/mol. The van der Waals surface area contributed by atoms with Gasteiger partial charge in [0.2, 0.25) is 17.7 Å². The van der Waals surface area contributed by atoms with Crippen LogP contribution in [0.5, 0.6) is 0 Å². The summed E-state index contributed by atoms with van der Waals surface area (Å²) in [6.45, 7) is 4.18. The van der Waals surface area contributed by atoms with Gasteiger partial charge in [0.1, 0.15) is 0 Å². The molecule has 120 valence electrons. The van der Waals surface area contributed by atoms with Crippen LogP contribution in [0.1, 0.15) is 13.8 Å². The zero-order valence-corrected chi connectivity index (χ0v) is 12.3. The summed E-state index contributed by atoms with van der Waals surface area (Å²) in [5.41, 5.74) is 5.02. The number of carboxylic acids is 1. The quantitative estimate of drug-likeness (QED) is 0.456. The summed E-state index contributed by atoms with van der Waals surface area (Å²) in [5.74, 6) is -2.49. The maximum absolute atomic E-state index is 11.1. The van der Waals surface area contributed by atoms with Crippen molar-refractivity contribution in [3.05, 3.63) is 0 Å². The van der Waals surface area contributed by atoms with Gasteiger partial charge in [-0.3, -0.25) is 34.3 Å². The Balaban J connectivity index is 0.00000191. The van der Waals surface area contributed by atoms with E-state index >= 15 is 0 Å². The third kappa shape index (κ3) is 8.71. The number of nitrogens with zero attached hydrogens (tertiary/aromatic N) is 2. The predicted molar refractivity (Wildman–Crippen MR) is 74.2 cm³/mol. The highest BCUT2D eigenvalue weighted by Gasteiger charge is 2.23. The molecule has 1 saturated heterocycles. The van der Waals surface area contributed by atoms with E-state index < -0.39 is 23.7 Å². The first-order valence-corrected chi connectivity index (χ1v) is 6.64. The third-order valence-corrected chi connectivity index (χ3v) is 2.48. The Hall–Kier alpha value is -2.00. The van der Waals surface area contributed by atoms with Crippen molar-refractivity contribution < 1.29 is 24.3 Å². The minimum Gasteiger partial charge on any atom is -0.480 e. The lowest BCUT2D eigenvalue weighted by Crippen LogP contribution is -2.53. The largest absolute Gasteiger partial charge is 0.480 e. The van der Waals surface area contributed by atoms with Gasteiger partial charge in [-0.1, -0.05) is 13.8 Å². The van der Waals surface area contributed by atoms with Gasteiger partial charge >= 0.3 is 5.97 Å². The van der Waals surface area contributed by atoms with Gasteiger partial charge in [0.15, 0.2) is 0 Å². The molecule has 1 fully saturated rings. The molecular formula is C12H22N4O5. The number of nitrogens with two attached hydrogens (primary N) is 1. The van der Waals surface area contributed by atoms with E-state index in [9.17, 15) is 19.2 Å². The number of piperazine rings is 1. The second-order valence-corrected chi connectivity index (χ2v) is 4.25. The van der Waals surface area contributed by atoms with E-state index in [0.29, 0.717) is 6.54 Å². The molecule has 0 aromatic carbocycles. The van der Waals surface area contributed by atoms with Crippen molar-refractivity contribution >= 4 is 23.7 Å². The number of aliphatic carboxylic acids is 1. The fourth-order valence-corrected chi connectivity index (χ4v) is 1.76. The minimum absolute atomic E-state index is 0.0726. The van der Waals surface area contributed by atoms with Crippen LogP contribution in [0.15, 0.2) is 0 Å². The van der Waals surface area contributed by atoms with Gasteiger partial charge in [-0.25, -0.2) is 0 Å². The molecule has 3 amide bonds. The summed E-state index contributed by atoms with van der Waals surface area (Å²) in [6, 6.07) is 0. The maximum Gasteiger partial charge on any atom is 0.317 e. The lowest BCUT2D eigenvalue weighted by Gasteiger charge is -2.27. The highest BCUT2D eigenvalue weighted by molar-refractivity contribution is 5.99. The standard InChI is InChI=1S/C10H16N4O5.C2H6/c11-7(15)3-13(6-10(18)19)1-2-14-4-8(16)12-9(17)5-14;1-2/h1-6H2,(H2,11,15)(H,18,19)(H,12,16,17);1-2H3. The molecule has 1 aliphatic heterocycles. The smallest absolute Gasteiger partial charge is 0.317 e. The van der Waals surface area contributed by atoms with Gasteiger partial charge in [0.05, 0.1) is 26.2 Å². The third-order valence-electron chi connectivity index (χ3n) is 2.48. The van der Waals surface area contributed by atoms with Gasteiger partial charge in [0, 0.05) is 13.1 Å². The number of hydrogen-bond donors (Lipinski definition) is 3. The Bertz CT molecular complexity index is 367. The number of primary amides is 1. The molecule has 9 heteroatoms. The zero-order valence-electron chi connectivity index (χ0n) is 12.3. The van der Waals surface area contributed by atoms with Gasteiger partial charge in [-0.15, -0.1) is 0 Å². The van der Waals surface area contributed by atoms with E-state index in [1.165, 1.54) is 4.90 Å². The molecule has 0 unspecified atom stereocenters. The molecule has 0 radical (unpaired) electrons. The van der Waals surface area contributed by atoms with Crippen molar-refractivity contribution in [3.63, 3.8) is 0 Å². The van der Waals surface area contributed by atoms with E-state index in [-0.39, 0.29) is 32.7 Å². The van der Waals surface area contributed by atoms with E-state index in [0.717, 1.165) is 0 Å². The predicted octanol–water partition coefficient (Wildman–Crippen LogP) is -2.16. The number of hydrogen-bond acceptors (Lipinski definition) is 6. The van der Waals surface area contributed by atoms with Crippen molar-refractivity contribution in [1.29, 1.82) is 0 Å². The van der Waals surface area contributed by atoms with E-state index in [2.05, 4.69) is 5.32 Å². The zero-order chi connectivity index (χ0) is 16.4. The number of imide groups is 1. The van der Waals surface area contributed by atoms with Crippen LogP contribution in [0.4, 0.5) is 0 Å². The SMILES string of the molecule is CC.NC(=O)CN(CCN1CC(=O)NC(=O)C1)CC(=O)O. The van der Waals surface area contributed by atoms with Crippen molar-refractivity contribution in [1.82, 2.24) is 15.1 Å². The molecule has 0 aromatic heterocycles. The number of nitrogens with one attached hydrogen (secondary N) is 1. The van der Waals surface area contributed by atoms with Crippen LogP contribution in [0, 0.1) is 0 Å². The van der Waals surface area contributed by atoms with Gasteiger partial charge in [-0.2, -0.15) is 0 Å². The Kier molecular flexibility index (Phi) is 8.90. The Labute approximate surface area is 123 Å². The number of carbonyl (C=O) groups is 4. The molecule has 1 aliphatic rings. The number of carboxylic acid groups (broad SMARTS) is 1. The molecule has 0 bridgehead atoms. The van der Waals surface area contributed by atoms with E-state index in [4.69, 9.17) is 10.8 Å². The van der Waals surface area contributed by atoms with Crippen LogP contribution in [0.3, 0.4) is 0 Å². The lowest BCUT2D eigenvalue weighted by molar-refractivity contribution is -0.140. The topological polar surface area (TPSA) is 133 Å². The summed E-state index contributed by atoms with van der Waals surface area (Å²) in [7, 11) is 0. The highest BCUT2D eigenvalue weighted by atomic mass is 16.4. The second-order valence-electron chi connectivity index (χ2n) is 4.25. The number of amides is 3. The molecule has 0 aliphatic carbocycles. The summed E-state index contributed by atoms with van der Waals surface area (Å²) < 4.78 is 0. The number of rotatable bonds is 7. The van der Waals surface area contributed by atoms with E-state index in [1.807, 2.05) is 13.8 Å². The van der Waals surface area contributed by atoms with Crippen LogP contribution in [0.2, 0.25) is 0 Å². The second kappa shape index (κ2) is 9.83. The van der Waals surface area contributed by atoms with Crippen LogP contribution in [0.25, 0.3) is 0 Å². The van der Waals surface area contributed by atoms with Gasteiger partial charge < -0.3 is 10.8 Å². The number of carbonyl (C=O) groups excluding carboxylic acids is 3. The van der Waals surface area contributed by atoms with Gasteiger partial charge in [-0.05, 0) is 0 Å². The normalized spacial score (nSPS) is 15.2. The molecule has 4 N–H and O–H groups in total. The Morgan fingerprint density at radius 2 is 1.76 bits per heavy atom. The van der Waals surface area contributed by atoms with Crippen molar-refractivity contribution in [2.24, 2.45) is 5.73 Å². The Morgan fingerprint density at radius 1 is 1.24 bits per heavy atom. The molecular weight excluding hydrogens is 280 g/mol. The van der Waals surface area contributed by atoms with Crippen molar-refractivity contribution in [2.75, 3.05) is 39.3 Å². The minimum atomic E-state index is -1.08. The molecule has 0 atom stereocenters.